The summed E-state index contributed by atoms with van der Waals surface area (Å²) in [5.74, 6) is -2.49. The molecule has 0 aliphatic carbocycles. The number of halogens is 2. The lowest BCUT2D eigenvalue weighted by Crippen LogP contribution is -2.44. The van der Waals surface area contributed by atoms with Gasteiger partial charge < -0.3 is 36.4 Å². The number of morpholine rings is 1. The maximum absolute atomic E-state index is 14.9. The lowest BCUT2D eigenvalue weighted by molar-refractivity contribution is 0.1000. The Kier molecular flexibility index (Phi) is 9.17. The van der Waals surface area contributed by atoms with Crippen molar-refractivity contribution in [1.82, 2.24) is 15.3 Å². The predicted molar refractivity (Wildman–Crippen MR) is 131 cm³/mol. The quantitative estimate of drug-likeness (QED) is 0.309. The molecule has 36 heavy (non-hydrogen) atoms. The lowest BCUT2D eigenvalue weighted by atomic mass is 10.0. The van der Waals surface area contributed by atoms with E-state index in [0.717, 1.165) is 18.9 Å². The summed E-state index contributed by atoms with van der Waals surface area (Å²) in [6, 6.07) is 1.08. The van der Waals surface area contributed by atoms with Crippen molar-refractivity contribution in [3.8, 4) is 0 Å². The molecule has 1 aliphatic rings. The van der Waals surface area contributed by atoms with E-state index in [0.29, 0.717) is 32.7 Å². The molecular weight excluding hydrogens is 476 g/mol. The van der Waals surface area contributed by atoms with Gasteiger partial charge in [-0.25, -0.2) is 23.5 Å². The molecule has 0 radical (unpaired) electrons. The largest absolute Gasteiger partial charge is 0.465 e. The van der Waals surface area contributed by atoms with Gasteiger partial charge in [-0.3, -0.25) is 4.79 Å². The molecule has 2 amide bonds. The highest BCUT2D eigenvalue weighted by Gasteiger charge is 2.23. The normalized spacial score (nSPS) is 15.2. The van der Waals surface area contributed by atoms with Crippen LogP contribution in [0.5, 0.6) is 0 Å². The molecular formula is C23H31F2N7O4. The van der Waals surface area contributed by atoms with Crippen molar-refractivity contribution in [3.05, 3.63) is 35.5 Å². The number of aromatic nitrogens is 2. The van der Waals surface area contributed by atoms with Crippen LogP contribution in [-0.4, -0.2) is 65.5 Å². The van der Waals surface area contributed by atoms with Gasteiger partial charge in [0, 0.05) is 31.2 Å². The third-order valence-electron chi connectivity index (χ3n) is 5.78. The number of ether oxygens (including phenoxy) is 1. The number of nitrogens with two attached hydrogens (primary N) is 1. The van der Waals surface area contributed by atoms with E-state index in [4.69, 9.17) is 15.6 Å². The molecule has 6 N–H and O–H groups in total. The van der Waals surface area contributed by atoms with Gasteiger partial charge in [-0.2, -0.15) is 0 Å². The van der Waals surface area contributed by atoms with Gasteiger partial charge in [0.1, 0.15) is 5.82 Å². The first-order valence-corrected chi connectivity index (χ1v) is 11.7. The minimum Gasteiger partial charge on any atom is -0.465 e. The molecule has 2 aromatic heterocycles. The first-order valence-electron chi connectivity index (χ1n) is 11.7. The minimum atomic E-state index is -1.21. The van der Waals surface area contributed by atoms with Crippen molar-refractivity contribution in [1.29, 1.82) is 0 Å². The maximum atomic E-state index is 14.9. The van der Waals surface area contributed by atoms with Crippen molar-refractivity contribution in [2.45, 2.75) is 45.2 Å². The number of carbonyl (C=O) groups excluding carboxylic acids is 1. The Morgan fingerprint density at radius 1 is 1.22 bits per heavy atom. The van der Waals surface area contributed by atoms with Gasteiger partial charge in [0.15, 0.2) is 23.3 Å². The molecule has 2 aromatic rings. The molecule has 13 heteroatoms. The van der Waals surface area contributed by atoms with Crippen LogP contribution in [0.3, 0.4) is 0 Å². The summed E-state index contributed by atoms with van der Waals surface area (Å²) < 4.78 is 35.0. The molecule has 3 rings (SSSR count). The number of unbranched alkanes of at least 4 members (excludes halogenated alkanes) is 1. The van der Waals surface area contributed by atoms with E-state index >= 15 is 0 Å². The fourth-order valence-electron chi connectivity index (χ4n) is 3.86. The number of nitrogens with one attached hydrogen (secondary N) is 3. The van der Waals surface area contributed by atoms with Crippen molar-refractivity contribution < 1.29 is 28.2 Å². The summed E-state index contributed by atoms with van der Waals surface area (Å²) >= 11 is 0. The fraction of sp³-hybridized carbons (Fsp3) is 0.478. The Hall–Kier alpha value is -3.74. The molecule has 1 saturated heterocycles. The zero-order valence-corrected chi connectivity index (χ0v) is 20.2. The van der Waals surface area contributed by atoms with Gasteiger partial charge in [-0.05, 0) is 19.4 Å². The summed E-state index contributed by atoms with van der Waals surface area (Å²) in [6.45, 7) is 5.58. The maximum Gasteiger partial charge on any atom is 0.404 e. The molecule has 1 fully saturated rings. The summed E-state index contributed by atoms with van der Waals surface area (Å²) in [5.41, 5.74) is 5.36. The molecule has 3 heterocycles. The van der Waals surface area contributed by atoms with Crippen LogP contribution in [0.25, 0.3) is 0 Å². The highest BCUT2D eigenvalue weighted by Crippen LogP contribution is 2.27. The number of rotatable bonds is 11. The first-order chi connectivity index (χ1) is 17.2. The van der Waals surface area contributed by atoms with Crippen molar-refractivity contribution in [2.75, 3.05) is 41.8 Å². The first kappa shape index (κ1) is 26.9. The number of pyridine rings is 2. The van der Waals surface area contributed by atoms with E-state index in [1.165, 1.54) is 12.3 Å². The van der Waals surface area contributed by atoms with Crippen LogP contribution in [0.2, 0.25) is 0 Å². The van der Waals surface area contributed by atoms with E-state index in [2.05, 4.69) is 25.9 Å². The van der Waals surface area contributed by atoms with E-state index < -0.39 is 35.7 Å². The van der Waals surface area contributed by atoms with Gasteiger partial charge in [0.05, 0.1) is 30.7 Å². The molecule has 0 unspecified atom stereocenters. The van der Waals surface area contributed by atoms with Crippen LogP contribution >= 0.6 is 0 Å². The van der Waals surface area contributed by atoms with Crippen molar-refractivity contribution in [2.24, 2.45) is 5.73 Å². The standard InChI is InChI=1S/C23H31F2N7O4/c1-3-4-5-18(13(2)28-23(34)35)30-21-16(24)11-15(19(26)33)20(31-21)29-14-10-17(25)22(27-12-14)32-6-8-36-9-7-32/h10-13,18,28H,3-9H2,1-2H3,(H2,26,33)(H,34,35)(H2,29,30,31)/t13-,18+/m0/s1. The van der Waals surface area contributed by atoms with Crippen LogP contribution in [-0.2, 0) is 4.74 Å². The molecule has 0 aromatic carbocycles. The molecule has 11 nitrogen and oxygen atoms in total. The van der Waals surface area contributed by atoms with E-state index in [1.807, 2.05) is 6.92 Å². The Balaban J connectivity index is 1.88. The molecule has 0 spiro atoms. The number of hydrogen-bond donors (Lipinski definition) is 5. The van der Waals surface area contributed by atoms with Gasteiger partial charge >= 0.3 is 6.09 Å². The second-order valence-electron chi connectivity index (χ2n) is 8.46. The number of carboxylic acid groups (broad SMARTS) is 1. The number of primary amides is 1. The number of anilines is 4. The van der Waals surface area contributed by atoms with Crippen molar-refractivity contribution >= 4 is 35.1 Å². The topological polar surface area (TPSA) is 155 Å². The minimum absolute atomic E-state index is 0.0974. The summed E-state index contributed by atoms with van der Waals surface area (Å²) in [5, 5.41) is 17.2. The van der Waals surface area contributed by atoms with Gasteiger partial charge in [-0.15, -0.1) is 0 Å². The van der Waals surface area contributed by atoms with Crippen LogP contribution in [0, 0.1) is 11.6 Å². The monoisotopic (exact) mass is 507 g/mol. The van der Waals surface area contributed by atoms with E-state index in [9.17, 15) is 18.4 Å². The average Bonchev–Trinajstić information content (AvgIpc) is 2.83. The van der Waals surface area contributed by atoms with Crippen LogP contribution in [0.1, 0.15) is 43.5 Å². The third-order valence-corrected chi connectivity index (χ3v) is 5.78. The summed E-state index contributed by atoms with van der Waals surface area (Å²) in [7, 11) is 0. The smallest absolute Gasteiger partial charge is 0.404 e. The molecule has 0 saturated carbocycles. The number of carbonyl (C=O) groups is 2. The van der Waals surface area contributed by atoms with E-state index in [1.54, 1.807) is 11.8 Å². The Morgan fingerprint density at radius 3 is 2.56 bits per heavy atom. The zero-order chi connectivity index (χ0) is 26.2. The van der Waals surface area contributed by atoms with Crippen LogP contribution in [0.15, 0.2) is 18.3 Å². The Labute approximate surface area is 207 Å². The van der Waals surface area contributed by atoms with E-state index in [-0.39, 0.29) is 28.7 Å². The number of amides is 2. The Morgan fingerprint density at radius 2 is 1.94 bits per heavy atom. The van der Waals surface area contributed by atoms with Crippen LogP contribution in [0.4, 0.5) is 36.7 Å². The third kappa shape index (κ3) is 6.90. The number of hydrogen-bond acceptors (Lipinski definition) is 8. The SMILES string of the molecule is CCCC[C@@H](Nc1nc(Nc2cnc(N3CCOCC3)c(F)c2)c(C(N)=O)cc1F)[C@H](C)NC(=O)O. The van der Waals surface area contributed by atoms with Gasteiger partial charge in [0.25, 0.3) is 5.91 Å². The highest BCUT2D eigenvalue weighted by molar-refractivity contribution is 5.98. The van der Waals surface area contributed by atoms with Gasteiger partial charge in [0.2, 0.25) is 0 Å². The van der Waals surface area contributed by atoms with Crippen molar-refractivity contribution in [3.63, 3.8) is 0 Å². The average molecular weight is 508 g/mol. The molecule has 0 bridgehead atoms. The molecule has 2 atom stereocenters. The summed E-state index contributed by atoms with van der Waals surface area (Å²) in [4.78, 5) is 33.2. The number of nitrogens with zero attached hydrogens (tertiary/aromatic N) is 3. The Bertz CT molecular complexity index is 1080. The molecule has 1 aliphatic heterocycles. The van der Waals surface area contributed by atoms with Gasteiger partial charge in [-0.1, -0.05) is 19.8 Å². The highest BCUT2D eigenvalue weighted by atomic mass is 19.1. The molecule has 196 valence electrons. The summed E-state index contributed by atoms with van der Waals surface area (Å²) in [6.07, 6.45) is 2.31. The lowest BCUT2D eigenvalue weighted by Gasteiger charge is -2.28. The predicted octanol–water partition coefficient (Wildman–Crippen LogP) is 3.06. The second-order valence-corrected chi connectivity index (χ2v) is 8.46. The zero-order valence-electron chi connectivity index (χ0n) is 20.2. The fourth-order valence-corrected chi connectivity index (χ4v) is 3.86. The van der Waals surface area contributed by atoms with Crippen LogP contribution < -0.4 is 26.6 Å². The second kappa shape index (κ2) is 12.3.